The van der Waals surface area contributed by atoms with Crippen molar-refractivity contribution in [1.29, 1.82) is 0 Å². The Bertz CT molecular complexity index is 320. The van der Waals surface area contributed by atoms with Crippen LogP contribution < -0.4 is 5.32 Å². The Morgan fingerprint density at radius 3 is 3.14 bits per heavy atom. The van der Waals surface area contributed by atoms with Crippen molar-refractivity contribution in [2.24, 2.45) is 0 Å². The maximum Gasteiger partial charge on any atom is 0.221 e. The number of carbonyl (C=O) groups is 2. The van der Waals surface area contributed by atoms with Crippen molar-refractivity contribution in [2.75, 3.05) is 6.54 Å². The SMILES string of the molecule is CCNC(=O)CCn1cncc1C=O. The van der Waals surface area contributed by atoms with Crippen LogP contribution in [0.3, 0.4) is 0 Å². The molecule has 0 fully saturated rings. The Balaban J connectivity index is 2.45. The van der Waals surface area contributed by atoms with Crippen LogP contribution in [0.2, 0.25) is 0 Å². The Morgan fingerprint density at radius 1 is 1.71 bits per heavy atom. The van der Waals surface area contributed by atoms with Crippen molar-refractivity contribution in [3.05, 3.63) is 18.2 Å². The van der Waals surface area contributed by atoms with Crippen LogP contribution in [0, 0.1) is 0 Å². The monoisotopic (exact) mass is 195 g/mol. The zero-order chi connectivity index (χ0) is 10.4. The summed E-state index contributed by atoms with van der Waals surface area (Å²) in [6.07, 6.45) is 4.11. The Labute approximate surface area is 82.1 Å². The summed E-state index contributed by atoms with van der Waals surface area (Å²) in [5.74, 6) is -0.0157. The van der Waals surface area contributed by atoms with Gasteiger partial charge in [-0.15, -0.1) is 0 Å². The third kappa shape index (κ3) is 2.69. The predicted octanol–water partition coefficient (Wildman–Crippen LogP) is 0.222. The van der Waals surface area contributed by atoms with Crippen LogP contribution >= 0.6 is 0 Å². The molecular weight excluding hydrogens is 182 g/mol. The number of aldehydes is 1. The van der Waals surface area contributed by atoms with E-state index < -0.39 is 0 Å². The molecule has 1 aromatic rings. The van der Waals surface area contributed by atoms with Crippen molar-refractivity contribution in [3.8, 4) is 0 Å². The number of hydrogen-bond acceptors (Lipinski definition) is 3. The quantitative estimate of drug-likeness (QED) is 0.684. The maximum atomic E-state index is 11.1. The smallest absolute Gasteiger partial charge is 0.221 e. The van der Waals surface area contributed by atoms with Gasteiger partial charge in [-0.2, -0.15) is 0 Å². The summed E-state index contributed by atoms with van der Waals surface area (Å²) >= 11 is 0. The first-order valence-corrected chi connectivity index (χ1v) is 4.50. The number of hydrogen-bond donors (Lipinski definition) is 1. The third-order valence-electron chi connectivity index (χ3n) is 1.82. The number of rotatable bonds is 5. The Morgan fingerprint density at radius 2 is 2.50 bits per heavy atom. The minimum atomic E-state index is -0.0157. The molecule has 1 amide bonds. The van der Waals surface area contributed by atoms with E-state index in [2.05, 4.69) is 10.3 Å². The molecule has 0 spiro atoms. The molecule has 0 radical (unpaired) electrons. The first kappa shape index (κ1) is 10.4. The van der Waals surface area contributed by atoms with Gasteiger partial charge < -0.3 is 9.88 Å². The number of carbonyl (C=O) groups excluding carboxylic acids is 2. The van der Waals surface area contributed by atoms with E-state index in [0.29, 0.717) is 25.2 Å². The maximum absolute atomic E-state index is 11.1. The van der Waals surface area contributed by atoms with Crippen LogP contribution in [0.15, 0.2) is 12.5 Å². The van der Waals surface area contributed by atoms with Gasteiger partial charge in [-0.1, -0.05) is 0 Å². The van der Waals surface area contributed by atoms with Crippen LogP contribution in [0.4, 0.5) is 0 Å². The van der Waals surface area contributed by atoms with E-state index in [1.807, 2.05) is 6.92 Å². The van der Waals surface area contributed by atoms with E-state index in [0.717, 1.165) is 6.29 Å². The highest BCUT2D eigenvalue weighted by atomic mass is 16.1. The van der Waals surface area contributed by atoms with E-state index in [-0.39, 0.29) is 5.91 Å². The molecule has 0 aliphatic rings. The zero-order valence-corrected chi connectivity index (χ0v) is 8.06. The lowest BCUT2D eigenvalue weighted by atomic mass is 10.4. The Kier molecular flexibility index (Phi) is 3.84. The molecule has 0 unspecified atom stereocenters. The number of nitrogens with one attached hydrogen (secondary N) is 1. The van der Waals surface area contributed by atoms with Gasteiger partial charge in [0.05, 0.1) is 12.5 Å². The first-order chi connectivity index (χ1) is 6.77. The van der Waals surface area contributed by atoms with Crippen LogP contribution in [-0.4, -0.2) is 28.3 Å². The average Bonchev–Trinajstić information content (AvgIpc) is 2.62. The van der Waals surface area contributed by atoms with Crippen molar-refractivity contribution in [1.82, 2.24) is 14.9 Å². The fourth-order valence-corrected chi connectivity index (χ4v) is 1.12. The van der Waals surface area contributed by atoms with Crippen molar-refractivity contribution in [2.45, 2.75) is 19.9 Å². The van der Waals surface area contributed by atoms with Gasteiger partial charge in [-0.25, -0.2) is 4.98 Å². The molecule has 0 atom stereocenters. The fourth-order valence-electron chi connectivity index (χ4n) is 1.12. The summed E-state index contributed by atoms with van der Waals surface area (Å²) in [5.41, 5.74) is 0.495. The lowest BCUT2D eigenvalue weighted by Crippen LogP contribution is -2.23. The van der Waals surface area contributed by atoms with Crippen LogP contribution in [0.5, 0.6) is 0 Å². The second-order valence-corrected chi connectivity index (χ2v) is 2.83. The van der Waals surface area contributed by atoms with E-state index in [4.69, 9.17) is 0 Å². The van der Waals surface area contributed by atoms with E-state index in [9.17, 15) is 9.59 Å². The highest BCUT2D eigenvalue weighted by Crippen LogP contribution is 1.97. The van der Waals surface area contributed by atoms with E-state index in [1.54, 1.807) is 10.9 Å². The molecule has 0 saturated heterocycles. The number of aromatic nitrogens is 2. The number of aryl methyl sites for hydroxylation is 1. The molecule has 14 heavy (non-hydrogen) atoms. The Hall–Kier alpha value is -1.65. The molecular formula is C9H13N3O2. The summed E-state index contributed by atoms with van der Waals surface area (Å²) in [5, 5.41) is 2.68. The lowest BCUT2D eigenvalue weighted by Gasteiger charge is -2.04. The van der Waals surface area contributed by atoms with Gasteiger partial charge in [0.25, 0.3) is 0 Å². The molecule has 1 N–H and O–H groups in total. The highest BCUT2D eigenvalue weighted by Gasteiger charge is 2.03. The van der Waals surface area contributed by atoms with E-state index >= 15 is 0 Å². The molecule has 5 nitrogen and oxygen atoms in total. The largest absolute Gasteiger partial charge is 0.356 e. The molecule has 1 rings (SSSR count). The van der Waals surface area contributed by atoms with Gasteiger partial charge in [-0.05, 0) is 6.92 Å². The molecule has 0 saturated carbocycles. The normalized spacial score (nSPS) is 9.79. The third-order valence-corrected chi connectivity index (χ3v) is 1.82. The minimum absolute atomic E-state index is 0.0157. The molecule has 0 bridgehead atoms. The van der Waals surface area contributed by atoms with Crippen LogP contribution in [-0.2, 0) is 11.3 Å². The van der Waals surface area contributed by atoms with Crippen LogP contribution in [0.25, 0.3) is 0 Å². The second-order valence-electron chi connectivity index (χ2n) is 2.83. The summed E-state index contributed by atoms with van der Waals surface area (Å²) in [4.78, 5) is 25.4. The standard InChI is InChI=1S/C9H13N3O2/c1-2-11-9(14)3-4-12-7-10-5-8(12)6-13/h5-7H,2-4H2,1H3,(H,11,14). The number of nitrogens with zero attached hydrogens (tertiary/aromatic N) is 2. The van der Waals surface area contributed by atoms with Crippen molar-refractivity contribution < 1.29 is 9.59 Å². The van der Waals surface area contributed by atoms with Gasteiger partial charge in [0, 0.05) is 19.5 Å². The molecule has 1 aromatic heterocycles. The van der Waals surface area contributed by atoms with Crippen molar-refractivity contribution >= 4 is 12.2 Å². The predicted molar refractivity (Wildman–Crippen MR) is 50.9 cm³/mol. The molecule has 76 valence electrons. The van der Waals surface area contributed by atoms with E-state index in [1.165, 1.54) is 6.20 Å². The van der Waals surface area contributed by atoms with Gasteiger partial charge in [-0.3, -0.25) is 9.59 Å². The van der Waals surface area contributed by atoms with Gasteiger partial charge in [0.15, 0.2) is 6.29 Å². The topological polar surface area (TPSA) is 64.0 Å². The van der Waals surface area contributed by atoms with Crippen LogP contribution in [0.1, 0.15) is 23.8 Å². The summed E-state index contributed by atoms with van der Waals surface area (Å²) < 4.78 is 1.66. The summed E-state index contributed by atoms with van der Waals surface area (Å²) in [6.45, 7) is 2.98. The summed E-state index contributed by atoms with van der Waals surface area (Å²) in [7, 11) is 0. The first-order valence-electron chi connectivity index (χ1n) is 4.50. The van der Waals surface area contributed by atoms with Gasteiger partial charge in [0.2, 0.25) is 5.91 Å². The molecule has 0 aromatic carbocycles. The molecule has 0 aliphatic heterocycles. The highest BCUT2D eigenvalue weighted by molar-refractivity contribution is 5.76. The zero-order valence-electron chi connectivity index (χ0n) is 8.06. The molecule has 0 aliphatic carbocycles. The lowest BCUT2D eigenvalue weighted by molar-refractivity contribution is -0.121. The minimum Gasteiger partial charge on any atom is -0.356 e. The second kappa shape index (κ2) is 5.16. The fraction of sp³-hybridized carbons (Fsp3) is 0.444. The molecule has 5 heteroatoms. The van der Waals surface area contributed by atoms with Crippen molar-refractivity contribution in [3.63, 3.8) is 0 Å². The summed E-state index contributed by atoms with van der Waals surface area (Å²) in [6, 6.07) is 0. The van der Waals surface area contributed by atoms with Gasteiger partial charge >= 0.3 is 0 Å². The average molecular weight is 195 g/mol. The number of imidazole rings is 1. The molecule has 1 heterocycles. The van der Waals surface area contributed by atoms with Gasteiger partial charge in [0.1, 0.15) is 5.69 Å². The number of amides is 1.